The molecule has 1 saturated heterocycles. The van der Waals surface area contributed by atoms with E-state index in [0.717, 1.165) is 37.2 Å². The molecule has 0 atom stereocenters. The molecule has 160 valence electrons. The van der Waals surface area contributed by atoms with Gasteiger partial charge in [-0.2, -0.15) is 0 Å². The largest absolute Gasteiger partial charge is 0.379 e. The molecule has 28 heavy (non-hydrogen) atoms. The first-order valence-corrected chi connectivity index (χ1v) is 11.5. The average Bonchev–Trinajstić information content (AvgIpc) is 2.62. The number of ether oxygens (including phenoxy) is 1. The highest BCUT2D eigenvalue weighted by molar-refractivity contribution is 14.0. The van der Waals surface area contributed by atoms with E-state index in [4.69, 9.17) is 16.3 Å². The summed E-state index contributed by atoms with van der Waals surface area (Å²) in [5.41, 5.74) is 2.41. The lowest BCUT2D eigenvalue weighted by Gasteiger charge is -2.38. The van der Waals surface area contributed by atoms with E-state index in [1.54, 1.807) is 7.05 Å². The van der Waals surface area contributed by atoms with Gasteiger partial charge in [0.25, 0.3) is 0 Å². The number of aryl methyl sites for hydroxylation is 1. The minimum absolute atomic E-state index is 0. The van der Waals surface area contributed by atoms with E-state index in [1.807, 2.05) is 18.2 Å². The number of benzene rings is 1. The van der Waals surface area contributed by atoms with Crippen LogP contribution in [-0.2, 0) is 14.6 Å². The monoisotopic (exact) mass is 544 g/mol. The second kappa shape index (κ2) is 12.0. The number of aliphatic imine (C=N–C) groups is 1. The first-order valence-electron chi connectivity index (χ1n) is 9.02. The standard InChI is InChI=1S/C18H29ClN4O3S.HI/c1-15-4-5-16(19)14-17(15)22-7-9-23(10-8-22)18(20-2)21-6-11-26-12-13-27(3,24)25;/h4-5,14H,6-13H2,1-3H3,(H,20,21);1H. The maximum Gasteiger partial charge on any atom is 0.193 e. The molecule has 0 amide bonds. The van der Waals surface area contributed by atoms with Crippen molar-refractivity contribution < 1.29 is 13.2 Å². The normalized spacial score (nSPS) is 15.4. The highest BCUT2D eigenvalue weighted by Crippen LogP contribution is 2.25. The Kier molecular flexibility index (Phi) is 10.9. The first-order chi connectivity index (χ1) is 12.8. The average molecular weight is 545 g/mol. The molecule has 1 heterocycles. The van der Waals surface area contributed by atoms with Crippen molar-refractivity contribution >= 4 is 57.1 Å². The Balaban J connectivity index is 0.00000392. The van der Waals surface area contributed by atoms with Gasteiger partial charge in [0.05, 0.1) is 19.0 Å². The maximum absolute atomic E-state index is 11.1. The number of sulfone groups is 1. The van der Waals surface area contributed by atoms with Crippen LogP contribution in [-0.4, -0.2) is 84.3 Å². The SMILES string of the molecule is CN=C(NCCOCCS(C)(=O)=O)N1CCN(c2cc(Cl)ccc2C)CC1.I. The molecule has 1 aromatic carbocycles. The second-order valence-electron chi connectivity index (χ2n) is 6.62. The summed E-state index contributed by atoms with van der Waals surface area (Å²) in [6.45, 7) is 6.86. The van der Waals surface area contributed by atoms with Crippen molar-refractivity contribution in [3.05, 3.63) is 28.8 Å². The molecule has 1 aliphatic heterocycles. The van der Waals surface area contributed by atoms with Crippen molar-refractivity contribution in [3.8, 4) is 0 Å². The van der Waals surface area contributed by atoms with E-state index >= 15 is 0 Å². The van der Waals surface area contributed by atoms with Gasteiger partial charge in [0, 0.05) is 56.7 Å². The fourth-order valence-corrected chi connectivity index (χ4v) is 3.55. The molecule has 0 aromatic heterocycles. The molecule has 0 saturated carbocycles. The van der Waals surface area contributed by atoms with Gasteiger partial charge >= 0.3 is 0 Å². The zero-order chi connectivity index (χ0) is 19.9. The summed E-state index contributed by atoms with van der Waals surface area (Å²) in [6.07, 6.45) is 1.21. The molecule has 1 N–H and O–H groups in total. The van der Waals surface area contributed by atoms with Crippen LogP contribution in [0.3, 0.4) is 0 Å². The van der Waals surface area contributed by atoms with E-state index in [1.165, 1.54) is 17.5 Å². The van der Waals surface area contributed by atoms with Gasteiger partial charge in [-0.1, -0.05) is 17.7 Å². The Morgan fingerprint density at radius 3 is 2.54 bits per heavy atom. The molecule has 1 aliphatic rings. The molecule has 10 heteroatoms. The van der Waals surface area contributed by atoms with Crippen LogP contribution in [0.4, 0.5) is 5.69 Å². The molecule has 0 aliphatic carbocycles. The van der Waals surface area contributed by atoms with Crippen molar-refractivity contribution in [2.24, 2.45) is 4.99 Å². The summed E-state index contributed by atoms with van der Waals surface area (Å²) in [4.78, 5) is 8.90. The zero-order valence-electron chi connectivity index (χ0n) is 16.6. The van der Waals surface area contributed by atoms with Crippen LogP contribution in [0.5, 0.6) is 0 Å². The lowest BCUT2D eigenvalue weighted by atomic mass is 10.1. The molecule has 0 spiro atoms. The van der Waals surface area contributed by atoms with Crippen LogP contribution in [0.2, 0.25) is 5.02 Å². The third-order valence-corrected chi connectivity index (χ3v) is 5.57. The minimum atomic E-state index is -2.97. The lowest BCUT2D eigenvalue weighted by Crippen LogP contribution is -2.53. The number of rotatable bonds is 7. The van der Waals surface area contributed by atoms with Crippen molar-refractivity contribution in [1.29, 1.82) is 0 Å². The molecular formula is C18H30ClIN4O3S. The lowest BCUT2D eigenvalue weighted by molar-refractivity contribution is 0.153. The molecule has 0 unspecified atom stereocenters. The Bertz CT molecular complexity index is 753. The van der Waals surface area contributed by atoms with Gasteiger partial charge in [0.15, 0.2) is 5.96 Å². The Hall–Kier alpha value is -0.780. The number of anilines is 1. The Labute approximate surface area is 190 Å². The highest BCUT2D eigenvalue weighted by Gasteiger charge is 2.20. The summed E-state index contributed by atoms with van der Waals surface area (Å²) in [5.74, 6) is 0.885. The van der Waals surface area contributed by atoms with Crippen molar-refractivity contribution in [3.63, 3.8) is 0 Å². The van der Waals surface area contributed by atoms with Gasteiger partial charge in [0.2, 0.25) is 0 Å². The minimum Gasteiger partial charge on any atom is -0.379 e. The van der Waals surface area contributed by atoms with Crippen LogP contribution < -0.4 is 10.2 Å². The number of halogens is 2. The van der Waals surface area contributed by atoms with E-state index < -0.39 is 9.84 Å². The van der Waals surface area contributed by atoms with Crippen LogP contribution in [0.25, 0.3) is 0 Å². The number of hydrogen-bond acceptors (Lipinski definition) is 5. The fourth-order valence-electron chi connectivity index (χ4n) is 2.96. The Morgan fingerprint density at radius 2 is 1.93 bits per heavy atom. The summed E-state index contributed by atoms with van der Waals surface area (Å²) >= 11 is 6.14. The van der Waals surface area contributed by atoms with Gasteiger partial charge in [-0.05, 0) is 24.6 Å². The van der Waals surface area contributed by atoms with Crippen LogP contribution >= 0.6 is 35.6 Å². The molecular weight excluding hydrogens is 515 g/mol. The third-order valence-electron chi connectivity index (χ3n) is 4.43. The Morgan fingerprint density at radius 1 is 1.25 bits per heavy atom. The fraction of sp³-hybridized carbons (Fsp3) is 0.611. The summed E-state index contributed by atoms with van der Waals surface area (Å²) in [5, 5.41) is 4.03. The maximum atomic E-state index is 11.1. The molecule has 2 rings (SSSR count). The molecule has 0 radical (unpaired) electrons. The molecule has 1 aromatic rings. The van der Waals surface area contributed by atoms with Gasteiger partial charge in [-0.25, -0.2) is 8.42 Å². The zero-order valence-corrected chi connectivity index (χ0v) is 20.6. The summed E-state index contributed by atoms with van der Waals surface area (Å²) in [7, 11) is -1.21. The van der Waals surface area contributed by atoms with Gasteiger partial charge in [-0.3, -0.25) is 4.99 Å². The van der Waals surface area contributed by atoms with E-state index in [2.05, 4.69) is 27.0 Å². The predicted molar refractivity (Wildman–Crippen MR) is 127 cm³/mol. The smallest absolute Gasteiger partial charge is 0.193 e. The summed E-state index contributed by atoms with van der Waals surface area (Å²) in [6, 6.07) is 5.99. The molecule has 7 nitrogen and oxygen atoms in total. The van der Waals surface area contributed by atoms with E-state index in [9.17, 15) is 8.42 Å². The number of nitrogens with zero attached hydrogens (tertiary/aromatic N) is 3. The van der Waals surface area contributed by atoms with Gasteiger partial charge in [-0.15, -0.1) is 24.0 Å². The van der Waals surface area contributed by atoms with Gasteiger partial charge in [0.1, 0.15) is 9.84 Å². The first kappa shape index (κ1) is 25.3. The van der Waals surface area contributed by atoms with E-state index in [0.29, 0.717) is 13.2 Å². The van der Waals surface area contributed by atoms with Crippen LogP contribution in [0.1, 0.15) is 5.56 Å². The molecule has 1 fully saturated rings. The highest BCUT2D eigenvalue weighted by atomic mass is 127. The van der Waals surface area contributed by atoms with Crippen LogP contribution in [0.15, 0.2) is 23.2 Å². The summed E-state index contributed by atoms with van der Waals surface area (Å²) < 4.78 is 27.5. The number of piperazine rings is 1. The second-order valence-corrected chi connectivity index (χ2v) is 9.32. The van der Waals surface area contributed by atoms with Crippen molar-refractivity contribution in [2.45, 2.75) is 6.92 Å². The van der Waals surface area contributed by atoms with Crippen molar-refractivity contribution in [1.82, 2.24) is 10.2 Å². The number of nitrogens with one attached hydrogen (secondary N) is 1. The number of guanidine groups is 1. The topological polar surface area (TPSA) is 74.2 Å². The third kappa shape index (κ3) is 8.30. The van der Waals surface area contributed by atoms with Gasteiger partial charge < -0.3 is 19.9 Å². The number of hydrogen-bond donors (Lipinski definition) is 1. The quantitative estimate of drug-likeness (QED) is 0.245. The van der Waals surface area contributed by atoms with Crippen molar-refractivity contribution in [2.75, 3.05) is 69.9 Å². The molecule has 0 bridgehead atoms. The van der Waals surface area contributed by atoms with E-state index in [-0.39, 0.29) is 36.3 Å². The van der Waals surface area contributed by atoms with Crippen LogP contribution in [0, 0.1) is 6.92 Å². The predicted octanol–water partition coefficient (Wildman–Crippen LogP) is 2.03.